The molecule has 0 unspecified atom stereocenters. The summed E-state index contributed by atoms with van der Waals surface area (Å²) < 4.78 is 23.5. The van der Waals surface area contributed by atoms with Crippen LogP contribution in [0.15, 0.2) is 35.0 Å². The van der Waals surface area contributed by atoms with E-state index in [1.165, 1.54) is 18.3 Å². The first-order valence-electron chi connectivity index (χ1n) is 5.24. The molecule has 1 aromatic heterocycles. The molecule has 0 saturated carbocycles. The number of halogens is 1. The zero-order chi connectivity index (χ0) is 12.3. The molecule has 1 aromatic carbocycles. The third-order valence-corrected chi connectivity index (χ3v) is 2.33. The van der Waals surface area contributed by atoms with E-state index in [0.717, 1.165) is 5.56 Å². The molecule has 4 nitrogen and oxygen atoms in total. The van der Waals surface area contributed by atoms with E-state index in [0.29, 0.717) is 11.5 Å². The van der Waals surface area contributed by atoms with Crippen molar-refractivity contribution in [3.8, 4) is 5.75 Å². The molecule has 1 heterocycles. The molecule has 0 spiro atoms. The van der Waals surface area contributed by atoms with Crippen molar-refractivity contribution in [1.29, 1.82) is 0 Å². The van der Waals surface area contributed by atoms with Gasteiger partial charge in [-0.25, -0.2) is 4.39 Å². The van der Waals surface area contributed by atoms with Crippen molar-refractivity contribution < 1.29 is 13.7 Å². The minimum Gasteiger partial charge on any atom is -0.485 e. The van der Waals surface area contributed by atoms with E-state index in [4.69, 9.17) is 15.0 Å². The van der Waals surface area contributed by atoms with Crippen molar-refractivity contribution in [2.45, 2.75) is 19.6 Å². The lowest BCUT2D eigenvalue weighted by Crippen LogP contribution is -2.08. The fourth-order valence-corrected chi connectivity index (χ4v) is 1.47. The largest absolute Gasteiger partial charge is 0.485 e. The molecule has 0 amide bonds. The maximum Gasteiger partial charge on any atom is 0.174 e. The highest BCUT2D eigenvalue weighted by atomic mass is 19.1. The van der Waals surface area contributed by atoms with Crippen LogP contribution in [0.3, 0.4) is 0 Å². The molecule has 17 heavy (non-hydrogen) atoms. The summed E-state index contributed by atoms with van der Waals surface area (Å²) in [6.45, 7) is 2.01. The Labute approximate surface area is 98.2 Å². The third kappa shape index (κ3) is 2.82. The molecule has 90 valence electrons. The van der Waals surface area contributed by atoms with Gasteiger partial charge in [-0.3, -0.25) is 0 Å². The highest BCUT2D eigenvalue weighted by molar-refractivity contribution is 5.36. The summed E-state index contributed by atoms with van der Waals surface area (Å²) in [7, 11) is 0. The molecule has 2 rings (SSSR count). The van der Waals surface area contributed by atoms with Crippen LogP contribution < -0.4 is 10.5 Å². The van der Waals surface area contributed by atoms with Gasteiger partial charge in [0.1, 0.15) is 18.2 Å². The fourth-order valence-electron chi connectivity index (χ4n) is 1.47. The number of nitrogens with zero attached hydrogens (tertiary/aromatic N) is 1. The lowest BCUT2D eigenvalue weighted by atomic mass is 10.1. The summed E-state index contributed by atoms with van der Waals surface area (Å²) in [6, 6.07) is 5.76. The monoisotopic (exact) mass is 236 g/mol. The molecule has 0 aliphatic carbocycles. The van der Waals surface area contributed by atoms with Crippen molar-refractivity contribution in [2.24, 2.45) is 5.73 Å². The maximum atomic E-state index is 13.1. The molecular formula is C12H13FN2O2. The second-order valence-electron chi connectivity index (χ2n) is 3.74. The zero-order valence-electron chi connectivity index (χ0n) is 9.39. The second kappa shape index (κ2) is 4.97. The van der Waals surface area contributed by atoms with E-state index in [9.17, 15) is 4.39 Å². The number of benzene rings is 1. The van der Waals surface area contributed by atoms with Crippen LogP contribution in [0.25, 0.3) is 0 Å². The minimum atomic E-state index is -0.359. The van der Waals surface area contributed by atoms with Crippen LogP contribution in [-0.2, 0) is 6.61 Å². The van der Waals surface area contributed by atoms with Crippen LogP contribution in [0, 0.1) is 5.82 Å². The Bertz CT molecular complexity index is 483. The molecule has 2 aromatic rings. The number of hydrogen-bond donors (Lipinski definition) is 1. The van der Waals surface area contributed by atoms with Crippen LogP contribution in [0.1, 0.15) is 24.3 Å². The number of ether oxygens (including phenoxy) is 1. The second-order valence-corrected chi connectivity index (χ2v) is 3.74. The first-order chi connectivity index (χ1) is 8.16. The average molecular weight is 236 g/mol. The van der Waals surface area contributed by atoms with Gasteiger partial charge in [0.05, 0.1) is 6.20 Å². The van der Waals surface area contributed by atoms with E-state index in [1.807, 2.05) is 6.92 Å². The van der Waals surface area contributed by atoms with Gasteiger partial charge in [0.25, 0.3) is 0 Å². The highest BCUT2D eigenvalue weighted by Gasteiger charge is 2.10. The maximum absolute atomic E-state index is 13.1. The molecular weight excluding hydrogens is 223 g/mol. The standard InChI is InChI=1S/C12H13FN2O2/c1-8(14)11-3-2-9(13)6-12(11)16-7-10-4-5-15-17-10/h2-6,8H,7,14H2,1H3/t8-/m0/s1. The molecule has 1 atom stereocenters. The summed E-state index contributed by atoms with van der Waals surface area (Å²) >= 11 is 0. The van der Waals surface area contributed by atoms with E-state index in [2.05, 4.69) is 5.16 Å². The van der Waals surface area contributed by atoms with Crippen molar-refractivity contribution in [3.63, 3.8) is 0 Å². The van der Waals surface area contributed by atoms with Gasteiger partial charge in [-0.2, -0.15) is 0 Å². The molecule has 0 bridgehead atoms. The Hall–Kier alpha value is -1.88. The summed E-state index contributed by atoms with van der Waals surface area (Å²) in [5, 5.41) is 3.56. The SMILES string of the molecule is C[C@H](N)c1ccc(F)cc1OCc1ccno1. The van der Waals surface area contributed by atoms with Gasteiger partial charge in [-0.05, 0) is 13.0 Å². The lowest BCUT2D eigenvalue weighted by molar-refractivity contribution is 0.245. The fraction of sp³-hybridized carbons (Fsp3) is 0.250. The number of nitrogens with two attached hydrogens (primary N) is 1. The average Bonchev–Trinajstić information content (AvgIpc) is 2.78. The molecule has 0 fully saturated rings. The topological polar surface area (TPSA) is 61.3 Å². The third-order valence-electron chi connectivity index (χ3n) is 2.33. The van der Waals surface area contributed by atoms with Gasteiger partial charge in [-0.15, -0.1) is 0 Å². The first kappa shape index (κ1) is 11.6. The predicted molar refractivity (Wildman–Crippen MR) is 59.8 cm³/mol. The van der Waals surface area contributed by atoms with Crippen molar-refractivity contribution in [3.05, 3.63) is 47.6 Å². The molecule has 0 aliphatic rings. The Kier molecular flexibility index (Phi) is 3.39. The van der Waals surface area contributed by atoms with Crippen molar-refractivity contribution >= 4 is 0 Å². The van der Waals surface area contributed by atoms with E-state index >= 15 is 0 Å². The minimum absolute atomic E-state index is 0.198. The van der Waals surface area contributed by atoms with Gasteiger partial charge in [0.15, 0.2) is 5.76 Å². The predicted octanol–water partition coefficient (Wildman–Crippen LogP) is 2.41. The van der Waals surface area contributed by atoms with Crippen LogP contribution in [-0.4, -0.2) is 5.16 Å². The van der Waals surface area contributed by atoms with Crippen LogP contribution in [0.4, 0.5) is 4.39 Å². The Morgan fingerprint density at radius 2 is 2.29 bits per heavy atom. The van der Waals surface area contributed by atoms with Gasteiger partial charge < -0.3 is 15.0 Å². The van der Waals surface area contributed by atoms with Gasteiger partial charge in [-0.1, -0.05) is 11.2 Å². The molecule has 5 heteroatoms. The zero-order valence-corrected chi connectivity index (χ0v) is 9.39. The van der Waals surface area contributed by atoms with Crippen LogP contribution in [0.5, 0.6) is 5.75 Å². The van der Waals surface area contributed by atoms with Gasteiger partial charge >= 0.3 is 0 Å². The number of aromatic nitrogens is 1. The van der Waals surface area contributed by atoms with Crippen LogP contribution >= 0.6 is 0 Å². The number of rotatable bonds is 4. The molecule has 0 saturated heterocycles. The number of hydrogen-bond acceptors (Lipinski definition) is 4. The smallest absolute Gasteiger partial charge is 0.174 e. The quantitative estimate of drug-likeness (QED) is 0.885. The normalized spacial score (nSPS) is 12.4. The summed E-state index contributed by atoms with van der Waals surface area (Å²) in [6.07, 6.45) is 1.52. The van der Waals surface area contributed by atoms with Gasteiger partial charge in [0, 0.05) is 23.7 Å². The molecule has 0 radical (unpaired) electrons. The first-order valence-corrected chi connectivity index (χ1v) is 5.24. The highest BCUT2D eigenvalue weighted by Crippen LogP contribution is 2.25. The summed E-state index contributed by atoms with van der Waals surface area (Å²) in [5.41, 5.74) is 6.53. The van der Waals surface area contributed by atoms with E-state index in [1.54, 1.807) is 12.1 Å². The summed E-state index contributed by atoms with van der Waals surface area (Å²) in [4.78, 5) is 0. The van der Waals surface area contributed by atoms with E-state index < -0.39 is 0 Å². The lowest BCUT2D eigenvalue weighted by Gasteiger charge is -2.13. The van der Waals surface area contributed by atoms with Crippen LogP contribution in [0.2, 0.25) is 0 Å². The Morgan fingerprint density at radius 3 is 2.94 bits per heavy atom. The van der Waals surface area contributed by atoms with Gasteiger partial charge in [0.2, 0.25) is 0 Å². The Morgan fingerprint density at radius 1 is 1.47 bits per heavy atom. The van der Waals surface area contributed by atoms with Crippen molar-refractivity contribution in [1.82, 2.24) is 5.16 Å². The summed E-state index contributed by atoms with van der Waals surface area (Å²) in [5.74, 6) is 0.642. The van der Waals surface area contributed by atoms with E-state index in [-0.39, 0.29) is 18.5 Å². The Balaban J connectivity index is 2.16. The molecule has 0 aliphatic heterocycles. The van der Waals surface area contributed by atoms with Crippen molar-refractivity contribution in [2.75, 3.05) is 0 Å². The molecule has 2 N–H and O–H groups in total.